The van der Waals surface area contributed by atoms with Gasteiger partial charge in [-0.05, 0) is 48.1 Å². The standard InChI is InChI=1S/C22H22N2O3S/c1-2-22(25)24-14-6-9-17-15-18(12-13-20(17)24)23-28(26,27)21-11-5-8-16-7-3-4-10-19(16)21/h3-5,7-8,10-13,15,23H,2,6,9,14H2,1H3. The van der Waals surface area contributed by atoms with Crippen LogP contribution in [-0.2, 0) is 21.2 Å². The topological polar surface area (TPSA) is 66.5 Å². The Hall–Kier alpha value is -2.86. The van der Waals surface area contributed by atoms with Gasteiger partial charge in [0.25, 0.3) is 10.0 Å². The molecule has 144 valence electrons. The van der Waals surface area contributed by atoms with E-state index in [1.54, 1.807) is 23.1 Å². The number of rotatable bonds is 4. The number of anilines is 2. The number of hydrogen-bond donors (Lipinski definition) is 1. The minimum absolute atomic E-state index is 0.0880. The second-order valence-electron chi connectivity index (χ2n) is 6.93. The Labute approximate surface area is 165 Å². The Balaban J connectivity index is 1.68. The maximum absolute atomic E-state index is 13.0. The van der Waals surface area contributed by atoms with E-state index in [0.29, 0.717) is 24.0 Å². The van der Waals surface area contributed by atoms with Crippen LogP contribution in [0.4, 0.5) is 11.4 Å². The zero-order valence-corrected chi connectivity index (χ0v) is 16.5. The van der Waals surface area contributed by atoms with Crippen molar-refractivity contribution in [2.75, 3.05) is 16.2 Å². The minimum Gasteiger partial charge on any atom is -0.312 e. The summed E-state index contributed by atoms with van der Waals surface area (Å²) in [4.78, 5) is 14.2. The average molecular weight is 394 g/mol. The van der Waals surface area contributed by atoms with Crippen molar-refractivity contribution in [2.45, 2.75) is 31.1 Å². The van der Waals surface area contributed by atoms with Gasteiger partial charge < -0.3 is 4.90 Å². The van der Waals surface area contributed by atoms with E-state index in [1.807, 2.05) is 49.4 Å². The molecule has 0 saturated carbocycles. The van der Waals surface area contributed by atoms with Crippen molar-refractivity contribution in [1.82, 2.24) is 0 Å². The van der Waals surface area contributed by atoms with Crippen molar-refractivity contribution < 1.29 is 13.2 Å². The molecular weight excluding hydrogens is 372 g/mol. The van der Waals surface area contributed by atoms with Gasteiger partial charge in [-0.2, -0.15) is 0 Å². The maximum Gasteiger partial charge on any atom is 0.262 e. The summed E-state index contributed by atoms with van der Waals surface area (Å²) in [5.74, 6) is 0.0880. The highest BCUT2D eigenvalue weighted by molar-refractivity contribution is 7.93. The van der Waals surface area contributed by atoms with E-state index in [1.165, 1.54) is 0 Å². The molecule has 4 rings (SSSR count). The molecule has 5 nitrogen and oxygen atoms in total. The number of amides is 1. The number of carbonyl (C=O) groups excluding carboxylic acids is 1. The van der Waals surface area contributed by atoms with Gasteiger partial charge in [-0.3, -0.25) is 9.52 Å². The molecule has 3 aromatic rings. The van der Waals surface area contributed by atoms with Crippen LogP contribution in [0.25, 0.3) is 10.8 Å². The number of aryl methyl sites for hydroxylation is 1. The molecule has 0 aliphatic carbocycles. The Morgan fingerprint density at radius 3 is 2.68 bits per heavy atom. The average Bonchev–Trinajstić information content (AvgIpc) is 2.71. The summed E-state index contributed by atoms with van der Waals surface area (Å²) in [6.45, 7) is 2.56. The molecule has 0 unspecified atom stereocenters. The molecule has 0 spiro atoms. The van der Waals surface area contributed by atoms with Gasteiger partial charge in [-0.25, -0.2) is 8.42 Å². The van der Waals surface area contributed by atoms with Crippen LogP contribution in [0.5, 0.6) is 0 Å². The highest BCUT2D eigenvalue weighted by atomic mass is 32.2. The van der Waals surface area contributed by atoms with E-state index in [0.717, 1.165) is 29.5 Å². The van der Waals surface area contributed by atoms with Crippen LogP contribution in [0.1, 0.15) is 25.3 Å². The minimum atomic E-state index is -3.73. The predicted molar refractivity (Wildman–Crippen MR) is 112 cm³/mol. The van der Waals surface area contributed by atoms with Crippen LogP contribution in [0.3, 0.4) is 0 Å². The van der Waals surface area contributed by atoms with Crippen molar-refractivity contribution in [3.8, 4) is 0 Å². The molecule has 0 atom stereocenters. The molecule has 0 saturated heterocycles. The molecule has 0 bridgehead atoms. The fourth-order valence-corrected chi connectivity index (χ4v) is 5.03. The van der Waals surface area contributed by atoms with Crippen LogP contribution in [-0.4, -0.2) is 20.9 Å². The molecule has 1 aliphatic heterocycles. The second kappa shape index (κ2) is 7.28. The molecule has 0 aromatic heterocycles. The first-order chi connectivity index (χ1) is 13.5. The predicted octanol–water partition coefficient (Wildman–Crippen LogP) is 4.33. The highest BCUT2D eigenvalue weighted by Crippen LogP contribution is 2.31. The number of carbonyl (C=O) groups is 1. The number of nitrogens with one attached hydrogen (secondary N) is 1. The van der Waals surface area contributed by atoms with Crippen molar-refractivity contribution >= 4 is 38.1 Å². The Bertz CT molecular complexity index is 1150. The van der Waals surface area contributed by atoms with Gasteiger partial charge in [-0.1, -0.05) is 43.3 Å². The van der Waals surface area contributed by atoms with Crippen molar-refractivity contribution in [3.05, 3.63) is 66.2 Å². The lowest BCUT2D eigenvalue weighted by atomic mass is 10.0. The number of sulfonamides is 1. The molecule has 1 heterocycles. The normalized spacial score (nSPS) is 14.0. The summed E-state index contributed by atoms with van der Waals surface area (Å²) in [6.07, 6.45) is 2.15. The summed E-state index contributed by atoms with van der Waals surface area (Å²) in [6, 6.07) is 18.1. The SMILES string of the molecule is CCC(=O)N1CCCc2cc(NS(=O)(=O)c3cccc4ccccc34)ccc21. The second-order valence-corrected chi connectivity index (χ2v) is 8.58. The molecule has 1 aliphatic rings. The van der Waals surface area contributed by atoms with Gasteiger partial charge >= 0.3 is 0 Å². The van der Waals surface area contributed by atoms with Gasteiger partial charge in [0, 0.05) is 29.7 Å². The Kier molecular flexibility index (Phi) is 4.81. The van der Waals surface area contributed by atoms with Gasteiger partial charge in [-0.15, -0.1) is 0 Å². The third kappa shape index (κ3) is 3.36. The Morgan fingerprint density at radius 1 is 1.07 bits per heavy atom. The molecule has 1 amide bonds. The zero-order chi connectivity index (χ0) is 19.7. The Morgan fingerprint density at radius 2 is 1.86 bits per heavy atom. The van der Waals surface area contributed by atoms with E-state index in [2.05, 4.69) is 4.72 Å². The molecular formula is C22H22N2O3S. The summed E-state index contributed by atoms with van der Waals surface area (Å²) in [7, 11) is -3.73. The summed E-state index contributed by atoms with van der Waals surface area (Å²) >= 11 is 0. The molecule has 0 fully saturated rings. The summed E-state index contributed by atoms with van der Waals surface area (Å²) in [5, 5.41) is 1.57. The fourth-order valence-electron chi connectivity index (χ4n) is 3.75. The van der Waals surface area contributed by atoms with Crippen molar-refractivity contribution in [3.63, 3.8) is 0 Å². The van der Waals surface area contributed by atoms with Crippen LogP contribution in [0, 0.1) is 0 Å². The summed E-state index contributed by atoms with van der Waals surface area (Å²) < 4.78 is 28.8. The van der Waals surface area contributed by atoms with Crippen molar-refractivity contribution in [1.29, 1.82) is 0 Å². The van der Waals surface area contributed by atoms with Crippen LogP contribution < -0.4 is 9.62 Å². The van der Waals surface area contributed by atoms with E-state index in [-0.39, 0.29) is 10.8 Å². The van der Waals surface area contributed by atoms with Gasteiger partial charge in [0.1, 0.15) is 0 Å². The quantitative estimate of drug-likeness (QED) is 0.716. The monoisotopic (exact) mass is 394 g/mol. The largest absolute Gasteiger partial charge is 0.312 e. The molecule has 3 aromatic carbocycles. The number of hydrogen-bond acceptors (Lipinski definition) is 3. The van der Waals surface area contributed by atoms with Crippen LogP contribution in [0.15, 0.2) is 65.6 Å². The van der Waals surface area contributed by atoms with E-state index in [4.69, 9.17) is 0 Å². The summed E-state index contributed by atoms with van der Waals surface area (Å²) in [5.41, 5.74) is 2.38. The smallest absolute Gasteiger partial charge is 0.262 e. The third-order valence-electron chi connectivity index (χ3n) is 5.09. The lowest BCUT2D eigenvalue weighted by Gasteiger charge is -2.29. The van der Waals surface area contributed by atoms with Gasteiger partial charge in [0.15, 0.2) is 0 Å². The molecule has 1 N–H and O–H groups in total. The molecule has 6 heteroatoms. The van der Waals surface area contributed by atoms with Crippen molar-refractivity contribution in [2.24, 2.45) is 0 Å². The lowest BCUT2D eigenvalue weighted by molar-refractivity contribution is -0.118. The number of benzene rings is 3. The number of nitrogens with zero attached hydrogens (tertiary/aromatic N) is 1. The van der Waals surface area contributed by atoms with Crippen LogP contribution >= 0.6 is 0 Å². The van der Waals surface area contributed by atoms with E-state index in [9.17, 15) is 13.2 Å². The lowest BCUT2D eigenvalue weighted by Crippen LogP contribution is -2.34. The first kappa shape index (κ1) is 18.5. The third-order valence-corrected chi connectivity index (χ3v) is 6.53. The zero-order valence-electron chi connectivity index (χ0n) is 15.7. The van der Waals surface area contributed by atoms with Crippen LogP contribution in [0.2, 0.25) is 0 Å². The highest BCUT2D eigenvalue weighted by Gasteiger charge is 2.23. The van der Waals surface area contributed by atoms with E-state index >= 15 is 0 Å². The molecule has 28 heavy (non-hydrogen) atoms. The first-order valence-corrected chi connectivity index (χ1v) is 10.9. The van der Waals surface area contributed by atoms with E-state index < -0.39 is 10.0 Å². The maximum atomic E-state index is 13.0. The van der Waals surface area contributed by atoms with Gasteiger partial charge in [0.05, 0.1) is 4.90 Å². The fraction of sp³-hybridized carbons (Fsp3) is 0.227. The number of fused-ring (bicyclic) bond motifs is 2. The first-order valence-electron chi connectivity index (χ1n) is 9.43. The van der Waals surface area contributed by atoms with Gasteiger partial charge in [0.2, 0.25) is 5.91 Å². The molecule has 0 radical (unpaired) electrons.